The molecule has 0 unspecified atom stereocenters. The zero-order valence-electron chi connectivity index (χ0n) is 12.0. The Morgan fingerprint density at radius 1 is 1.24 bits per heavy atom. The summed E-state index contributed by atoms with van der Waals surface area (Å²) in [6.45, 7) is 4.64. The topological polar surface area (TPSA) is 26.3 Å². The molecule has 21 heavy (non-hydrogen) atoms. The fourth-order valence-corrected chi connectivity index (χ4v) is 2.75. The van der Waals surface area contributed by atoms with Crippen LogP contribution in [-0.4, -0.2) is 12.4 Å². The first-order chi connectivity index (χ1) is 10.0. The molecule has 0 amide bonds. The smallest absolute Gasteiger partial charge is 0.194 e. The van der Waals surface area contributed by atoms with Crippen molar-refractivity contribution in [2.24, 2.45) is 0 Å². The first kappa shape index (κ1) is 16.1. The van der Waals surface area contributed by atoms with E-state index in [1.165, 1.54) is 0 Å². The highest BCUT2D eigenvalue weighted by atomic mass is 79.9. The number of ether oxygens (including phenoxy) is 1. The predicted octanol–water partition coefficient (Wildman–Crippen LogP) is 5.43. The van der Waals surface area contributed by atoms with Gasteiger partial charge in [-0.15, -0.1) is 0 Å². The summed E-state index contributed by atoms with van der Waals surface area (Å²) in [5, 5.41) is 0.474. The molecule has 0 spiro atoms. The van der Waals surface area contributed by atoms with Gasteiger partial charge >= 0.3 is 0 Å². The average molecular weight is 368 g/mol. The number of aryl methyl sites for hydroxylation is 1. The molecule has 2 rings (SSSR count). The molecule has 0 heterocycles. The lowest BCUT2D eigenvalue weighted by Crippen LogP contribution is -2.03. The van der Waals surface area contributed by atoms with E-state index >= 15 is 0 Å². The fraction of sp³-hybridized carbons (Fsp3) is 0.235. The molecule has 2 nitrogen and oxygen atoms in total. The fourth-order valence-electron chi connectivity index (χ4n) is 1.93. The van der Waals surface area contributed by atoms with Gasteiger partial charge in [-0.25, -0.2) is 0 Å². The first-order valence-corrected chi connectivity index (χ1v) is 7.93. The third-order valence-electron chi connectivity index (χ3n) is 3.02. The van der Waals surface area contributed by atoms with Gasteiger partial charge in [-0.2, -0.15) is 0 Å². The number of benzene rings is 2. The van der Waals surface area contributed by atoms with Crippen molar-refractivity contribution in [2.45, 2.75) is 20.3 Å². The van der Waals surface area contributed by atoms with Gasteiger partial charge in [-0.3, -0.25) is 4.79 Å². The van der Waals surface area contributed by atoms with Crippen molar-refractivity contribution in [3.63, 3.8) is 0 Å². The maximum Gasteiger partial charge on any atom is 0.194 e. The third kappa shape index (κ3) is 3.86. The van der Waals surface area contributed by atoms with Gasteiger partial charge in [0.05, 0.1) is 16.1 Å². The molecule has 0 aromatic heterocycles. The lowest BCUT2D eigenvalue weighted by molar-refractivity contribution is 0.103. The highest BCUT2D eigenvalue weighted by molar-refractivity contribution is 9.10. The van der Waals surface area contributed by atoms with Crippen LogP contribution in [0.3, 0.4) is 0 Å². The third-order valence-corrected chi connectivity index (χ3v) is 3.96. The van der Waals surface area contributed by atoms with Crippen molar-refractivity contribution >= 4 is 33.3 Å². The Morgan fingerprint density at radius 2 is 2.00 bits per heavy atom. The molecule has 0 aliphatic rings. The minimum absolute atomic E-state index is 0.0947. The summed E-state index contributed by atoms with van der Waals surface area (Å²) < 4.78 is 6.35. The van der Waals surface area contributed by atoms with Crippen molar-refractivity contribution in [2.75, 3.05) is 6.61 Å². The maximum atomic E-state index is 12.5. The number of carbonyl (C=O) groups excluding carboxylic acids is 1. The Balaban J connectivity index is 2.29. The molecular formula is C17H16BrClO2. The minimum Gasteiger partial charge on any atom is -0.492 e. The van der Waals surface area contributed by atoms with Crippen molar-refractivity contribution in [3.05, 3.63) is 62.6 Å². The zero-order valence-corrected chi connectivity index (χ0v) is 14.3. The molecule has 0 aliphatic heterocycles. The average Bonchev–Trinajstić information content (AvgIpc) is 2.45. The normalized spacial score (nSPS) is 10.5. The van der Waals surface area contributed by atoms with Crippen LogP contribution >= 0.6 is 27.5 Å². The number of halogens is 2. The second-order valence-corrected chi connectivity index (χ2v) is 6.07. The van der Waals surface area contributed by atoms with Crippen LogP contribution in [0.25, 0.3) is 0 Å². The van der Waals surface area contributed by atoms with Gasteiger partial charge in [0.25, 0.3) is 0 Å². The second kappa shape index (κ2) is 7.10. The molecule has 2 aromatic carbocycles. The Morgan fingerprint density at radius 3 is 2.62 bits per heavy atom. The molecule has 0 aliphatic carbocycles. The van der Waals surface area contributed by atoms with Gasteiger partial charge in [0, 0.05) is 11.1 Å². The molecule has 2 aromatic rings. The molecule has 110 valence electrons. The standard InChI is InChI=1S/C17H16BrClO2/c1-3-8-21-16-7-5-12(10-14(16)18)17(20)13-6-4-11(2)9-15(13)19/h4-7,9-10H,3,8H2,1-2H3. The summed E-state index contributed by atoms with van der Waals surface area (Å²) in [5.41, 5.74) is 2.12. The zero-order chi connectivity index (χ0) is 15.4. The monoisotopic (exact) mass is 366 g/mol. The summed E-state index contributed by atoms with van der Waals surface area (Å²) >= 11 is 9.59. The maximum absolute atomic E-state index is 12.5. The van der Waals surface area contributed by atoms with Gasteiger partial charge in [0.15, 0.2) is 5.78 Å². The summed E-state index contributed by atoms with van der Waals surface area (Å²) in [6.07, 6.45) is 0.937. The van der Waals surface area contributed by atoms with Crippen LogP contribution in [0, 0.1) is 6.92 Å². The Hall–Kier alpha value is -1.32. The van der Waals surface area contributed by atoms with Crippen molar-refractivity contribution in [1.29, 1.82) is 0 Å². The highest BCUT2D eigenvalue weighted by Crippen LogP contribution is 2.28. The Kier molecular flexibility index (Phi) is 5.43. The Labute approximate surface area is 138 Å². The van der Waals surface area contributed by atoms with E-state index in [9.17, 15) is 4.79 Å². The molecule has 0 N–H and O–H groups in total. The molecule has 0 saturated carbocycles. The highest BCUT2D eigenvalue weighted by Gasteiger charge is 2.14. The quantitative estimate of drug-likeness (QED) is 0.659. The van der Waals surface area contributed by atoms with E-state index in [1.807, 2.05) is 19.9 Å². The number of hydrogen-bond acceptors (Lipinski definition) is 2. The number of ketones is 1. The first-order valence-electron chi connectivity index (χ1n) is 6.76. The summed E-state index contributed by atoms with van der Waals surface area (Å²) in [7, 11) is 0. The lowest BCUT2D eigenvalue weighted by Gasteiger charge is -2.09. The number of rotatable bonds is 5. The molecule has 0 atom stereocenters. The second-order valence-electron chi connectivity index (χ2n) is 4.81. The van der Waals surface area contributed by atoms with E-state index in [0.29, 0.717) is 22.8 Å². The number of hydrogen-bond donors (Lipinski definition) is 0. The van der Waals surface area contributed by atoms with Crippen molar-refractivity contribution in [3.8, 4) is 5.75 Å². The van der Waals surface area contributed by atoms with Crippen molar-refractivity contribution in [1.82, 2.24) is 0 Å². The summed E-state index contributed by atoms with van der Waals surface area (Å²) in [6, 6.07) is 10.8. The van der Waals surface area contributed by atoms with E-state index in [4.69, 9.17) is 16.3 Å². The molecular weight excluding hydrogens is 352 g/mol. The van der Waals surface area contributed by atoms with Gasteiger partial charge in [-0.1, -0.05) is 24.6 Å². The SMILES string of the molecule is CCCOc1ccc(C(=O)c2ccc(C)cc2Cl)cc1Br. The predicted molar refractivity (Wildman–Crippen MR) is 89.5 cm³/mol. The van der Waals surface area contributed by atoms with Crippen LogP contribution in [-0.2, 0) is 0 Å². The largest absolute Gasteiger partial charge is 0.492 e. The van der Waals surface area contributed by atoms with Crippen LogP contribution in [0.5, 0.6) is 5.75 Å². The molecule has 4 heteroatoms. The van der Waals surface area contributed by atoms with Gasteiger partial charge in [0.1, 0.15) is 5.75 Å². The Bertz CT molecular complexity index is 668. The van der Waals surface area contributed by atoms with E-state index in [1.54, 1.807) is 30.3 Å². The van der Waals surface area contributed by atoms with Crippen LogP contribution < -0.4 is 4.74 Å². The molecule has 0 fully saturated rings. The van der Waals surface area contributed by atoms with E-state index in [2.05, 4.69) is 15.9 Å². The van der Waals surface area contributed by atoms with Crippen LogP contribution in [0.15, 0.2) is 40.9 Å². The van der Waals surface area contributed by atoms with E-state index in [0.717, 1.165) is 22.2 Å². The van der Waals surface area contributed by atoms with Crippen LogP contribution in [0.2, 0.25) is 5.02 Å². The van der Waals surface area contributed by atoms with Gasteiger partial charge in [-0.05, 0) is 65.2 Å². The van der Waals surface area contributed by atoms with E-state index < -0.39 is 0 Å². The van der Waals surface area contributed by atoms with E-state index in [-0.39, 0.29) is 5.78 Å². The van der Waals surface area contributed by atoms with Crippen molar-refractivity contribution < 1.29 is 9.53 Å². The van der Waals surface area contributed by atoms with Gasteiger partial charge in [0.2, 0.25) is 0 Å². The van der Waals surface area contributed by atoms with Crippen LogP contribution in [0.4, 0.5) is 0 Å². The molecule has 0 saturated heterocycles. The minimum atomic E-state index is -0.0947. The molecule has 0 radical (unpaired) electrons. The molecule has 0 bridgehead atoms. The van der Waals surface area contributed by atoms with Crippen LogP contribution in [0.1, 0.15) is 34.8 Å². The summed E-state index contributed by atoms with van der Waals surface area (Å²) in [5.74, 6) is 0.645. The summed E-state index contributed by atoms with van der Waals surface area (Å²) in [4.78, 5) is 12.5. The lowest BCUT2D eigenvalue weighted by atomic mass is 10.0. The number of carbonyl (C=O) groups is 1. The van der Waals surface area contributed by atoms with Gasteiger partial charge < -0.3 is 4.74 Å².